The topological polar surface area (TPSA) is 102 Å². The van der Waals surface area contributed by atoms with Crippen molar-refractivity contribution < 1.29 is 24.5 Å². The summed E-state index contributed by atoms with van der Waals surface area (Å²) in [6.07, 6.45) is -0.0702. The minimum atomic E-state index is -0.962. The van der Waals surface area contributed by atoms with Gasteiger partial charge in [-0.1, -0.05) is 36.4 Å². The van der Waals surface area contributed by atoms with E-state index < -0.39 is 24.0 Å². The Bertz CT molecular complexity index is 735. The van der Waals surface area contributed by atoms with Crippen molar-refractivity contribution in [1.82, 2.24) is 0 Å². The summed E-state index contributed by atoms with van der Waals surface area (Å²) >= 11 is 0. The number of aliphatic hydroxyl groups excluding tert-OH is 1. The van der Waals surface area contributed by atoms with Crippen molar-refractivity contribution >= 4 is 5.97 Å². The van der Waals surface area contributed by atoms with Gasteiger partial charge in [-0.25, -0.2) is 0 Å². The Balaban J connectivity index is 2.03. The van der Waals surface area contributed by atoms with Gasteiger partial charge in [-0.3, -0.25) is 4.79 Å². The third-order valence-corrected chi connectivity index (χ3v) is 4.61. The predicted molar refractivity (Wildman–Crippen MR) is 103 cm³/mol. The minimum absolute atomic E-state index is 0.0810. The maximum atomic E-state index is 11.7. The lowest BCUT2D eigenvalue weighted by Crippen LogP contribution is -2.39. The molecule has 0 amide bonds. The molecule has 4 N–H and O–H groups in total. The predicted octanol–water partition coefficient (Wildman–Crippen LogP) is 2.27. The lowest BCUT2D eigenvalue weighted by atomic mass is 9.89. The van der Waals surface area contributed by atoms with E-state index in [4.69, 9.17) is 15.2 Å². The summed E-state index contributed by atoms with van der Waals surface area (Å²) < 4.78 is 10.5. The standard InChI is InChI=1S/C21H27NO5/c1-26-19-9-8-15(12-20(19)27-2)10-16(21(24)25)13-18(23)17(22)11-14-6-4-3-5-7-14/h3-9,12,16-18,23H,10-11,13,22H2,1-2H3,(H,24,25)/t16-,17+,18+/m1/s1. The average Bonchev–Trinajstić information content (AvgIpc) is 2.67. The third kappa shape index (κ3) is 5.98. The summed E-state index contributed by atoms with van der Waals surface area (Å²) in [5.41, 5.74) is 7.90. The maximum Gasteiger partial charge on any atom is 0.306 e. The zero-order valence-corrected chi connectivity index (χ0v) is 15.7. The van der Waals surface area contributed by atoms with E-state index >= 15 is 0 Å². The Labute approximate surface area is 159 Å². The second-order valence-electron chi connectivity index (χ2n) is 6.59. The van der Waals surface area contributed by atoms with Crippen LogP contribution in [0.3, 0.4) is 0 Å². The normalized spacial score (nSPS) is 14.2. The molecule has 0 bridgehead atoms. The molecule has 0 aliphatic rings. The molecule has 146 valence electrons. The lowest BCUT2D eigenvalue weighted by molar-refractivity contribution is -0.142. The number of carboxylic acid groups (broad SMARTS) is 1. The minimum Gasteiger partial charge on any atom is -0.493 e. The smallest absolute Gasteiger partial charge is 0.306 e. The Morgan fingerprint density at radius 2 is 1.67 bits per heavy atom. The van der Waals surface area contributed by atoms with Gasteiger partial charge < -0.3 is 25.4 Å². The van der Waals surface area contributed by atoms with Gasteiger partial charge in [-0.15, -0.1) is 0 Å². The molecule has 0 radical (unpaired) electrons. The monoisotopic (exact) mass is 373 g/mol. The van der Waals surface area contributed by atoms with Crippen molar-refractivity contribution in [2.75, 3.05) is 14.2 Å². The van der Waals surface area contributed by atoms with Crippen molar-refractivity contribution in [2.24, 2.45) is 11.7 Å². The molecule has 0 heterocycles. The first-order valence-corrected chi connectivity index (χ1v) is 8.85. The lowest BCUT2D eigenvalue weighted by Gasteiger charge is -2.22. The van der Waals surface area contributed by atoms with Crippen molar-refractivity contribution in [2.45, 2.75) is 31.4 Å². The van der Waals surface area contributed by atoms with E-state index in [1.807, 2.05) is 30.3 Å². The highest BCUT2D eigenvalue weighted by Crippen LogP contribution is 2.29. The molecule has 0 saturated carbocycles. The van der Waals surface area contributed by atoms with Gasteiger partial charge in [0.05, 0.1) is 26.2 Å². The number of hydrogen-bond acceptors (Lipinski definition) is 5. The first kappa shape index (κ1) is 20.7. The van der Waals surface area contributed by atoms with E-state index in [9.17, 15) is 15.0 Å². The fraction of sp³-hybridized carbons (Fsp3) is 0.381. The van der Waals surface area contributed by atoms with Gasteiger partial charge in [0.25, 0.3) is 0 Å². The summed E-state index contributed by atoms with van der Waals surface area (Å²) in [6.45, 7) is 0. The first-order valence-electron chi connectivity index (χ1n) is 8.85. The Hall–Kier alpha value is -2.57. The van der Waals surface area contributed by atoms with E-state index in [1.165, 1.54) is 7.11 Å². The number of methoxy groups -OCH3 is 2. The van der Waals surface area contributed by atoms with E-state index in [1.54, 1.807) is 25.3 Å². The van der Waals surface area contributed by atoms with Crippen LogP contribution in [0.2, 0.25) is 0 Å². The van der Waals surface area contributed by atoms with Gasteiger partial charge in [-0.2, -0.15) is 0 Å². The number of nitrogens with two attached hydrogens (primary N) is 1. The van der Waals surface area contributed by atoms with Crippen LogP contribution in [0.1, 0.15) is 17.5 Å². The molecule has 6 nitrogen and oxygen atoms in total. The number of carboxylic acids is 1. The molecule has 2 aromatic carbocycles. The molecular weight excluding hydrogens is 346 g/mol. The van der Waals surface area contributed by atoms with Crippen LogP contribution >= 0.6 is 0 Å². The zero-order valence-electron chi connectivity index (χ0n) is 15.7. The van der Waals surface area contributed by atoms with Crippen LogP contribution in [0.5, 0.6) is 11.5 Å². The Kier molecular flexibility index (Phi) is 7.64. The van der Waals surface area contributed by atoms with E-state index in [2.05, 4.69) is 0 Å². The first-order chi connectivity index (χ1) is 12.9. The van der Waals surface area contributed by atoms with Crippen molar-refractivity contribution in [1.29, 1.82) is 0 Å². The summed E-state index contributed by atoms with van der Waals surface area (Å²) in [6, 6.07) is 14.4. The van der Waals surface area contributed by atoms with Crippen LogP contribution < -0.4 is 15.2 Å². The number of carbonyl (C=O) groups is 1. The van der Waals surface area contributed by atoms with Crippen LogP contribution in [0, 0.1) is 5.92 Å². The van der Waals surface area contributed by atoms with Crippen LogP contribution in [-0.4, -0.2) is 42.5 Å². The van der Waals surface area contributed by atoms with Gasteiger partial charge >= 0.3 is 5.97 Å². The van der Waals surface area contributed by atoms with Gasteiger partial charge in [0, 0.05) is 6.04 Å². The fourth-order valence-electron chi connectivity index (χ4n) is 3.05. The van der Waals surface area contributed by atoms with Crippen LogP contribution in [-0.2, 0) is 17.6 Å². The summed E-state index contributed by atoms with van der Waals surface area (Å²) in [5, 5.41) is 20.0. The second kappa shape index (κ2) is 9.94. The quantitative estimate of drug-likeness (QED) is 0.590. The van der Waals surface area contributed by atoms with Crippen molar-refractivity contribution in [3.63, 3.8) is 0 Å². The molecule has 0 aliphatic heterocycles. The summed E-state index contributed by atoms with van der Waals surface area (Å²) in [5.74, 6) is -0.589. The molecular formula is C21H27NO5. The van der Waals surface area contributed by atoms with Crippen molar-refractivity contribution in [3.8, 4) is 11.5 Å². The molecule has 0 aliphatic carbocycles. The SMILES string of the molecule is COc1ccc(C[C@H](C[C@H](O)[C@@H](N)Cc2ccccc2)C(=O)O)cc1OC. The van der Waals surface area contributed by atoms with E-state index in [0.717, 1.165) is 11.1 Å². The maximum absolute atomic E-state index is 11.7. The molecule has 0 fully saturated rings. The molecule has 27 heavy (non-hydrogen) atoms. The van der Waals surface area contributed by atoms with Crippen LogP contribution in [0.25, 0.3) is 0 Å². The molecule has 3 atom stereocenters. The third-order valence-electron chi connectivity index (χ3n) is 4.61. The number of aliphatic carboxylic acids is 1. The van der Waals surface area contributed by atoms with E-state index in [-0.39, 0.29) is 12.8 Å². The van der Waals surface area contributed by atoms with Crippen LogP contribution in [0.4, 0.5) is 0 Å². The highest BCUT2D eigenvalue weighted by molar-refractivity contribution is 5.70. The summed E-state index contributed by atoms with van der Waals surface area (Å²) in [7, 11) is 3.07. The molecule has 0 unspecified atom stereocenters. The highest BCUT2D eigenvalue weighted by Gasteiger charge is 2.26. The molecule has 0 saturated heterocycles. The summed E-state index contributed by atoms with van der Waals surface area (Å²) in [4.78, 5) is 11.7. The highest BCUT2D eigenvalue weighted by atomic mass is 16.5. The fourth-order valence-corrected chi connectivity index (χ4v) is 3.05. The average molecular weight is 373 g/mol. The number of benzene rings is 2. The zero-order chi connectivity index (χ0) is 19.8. The van der Waals surface area contributed by atoms with Crippen LogP contribution in [0.15, 0.2) is 48.5 Å². The number of ether oxygens (including phenoxy) is 2. The van der Waals surface area contributed by atoms with Crippen molar-refractivity contribution in [3.05, 3.63) is 59.7 Å². The van der Waals surface area contributed by atoms with Gasteiger partial charge in [0.15, 0.2) is 11.5 Å². The molecule has 2 rings (SSSR count). The molecule has 2 aromatic rings. The second-order valence-corrected chi connectivity index (χ2v) is 6.59. The Morgan fingerprint density at radius 1 is 1.00 bits per heavy atom. The largest absolute Gasteiger partial charge is 0.493 e. The van der Waals surface area contributed by atoms with E-state index in [0.29, 0.717) is 17.9 Å². The molecule has 0 spiro atoms. The number of hydrogen-bond donors (Lipinski definition) is 3. The number of rotatable bonds is 10. The van der Waals surface area contributed by atoms with Gasteiger partial charge in [-0.05, 0) is 42.5 Å². The molecule has 0 aromatic heterocycles. The molecule has 6 heteroatoms. The van der Waals surface area contributed by atoms with Gasteiger partial charge in [0.1, 0.15) is 0 Å². The van der Waals surface area contributed by atoms with Gasteiger partial charge in [0.2, 0.25) is 0 Å². The number of aliphatic hydroxyl groups is 1. The Morgan fingerprint density at radius 3 is 2.26 bits per heavy atom.